The molecule has 0 aliphatic carbocycles. The van der Waals surface area contributed by atoms with Crippen molar-refractivity contribution in [2.24, 2.45) is 0 Å². The second-order valence-electron chi connectivity index (χ2n) is 12.6. The number of pyridine rings is 2. The van der Waals surface area contributed by atoms with Gasteiger partial charge in [-0.1, -0.05) is 6.07 Å². The number of nitriles is 1. The number of ether oxygens (including phenoxy) is 3. The second-order valence-corrected chi connectivity index (χ2v) is 12.6. The van der Waals surface area contributed by atoms with Gasteiger partial charge in [0, 0.05) is 49.5 Å². The van der Waals surface area contributed by atoms with E-state index in [-0.39, 0.29) is 5.75 Å². The fourth-order valence-electron chi connectivity index (χ4n) is 6.40. The lowest BCUT2D eigenvalue weighted by molar-refractivity contribution is -0.105. The molecule has 8 heterocycles. The van der Waals surface area contributed by atoms with Crippen molar-refractivity contribution in [2.45, 2.75) is 46.6 Å². The third-order valence-electron chi connectivity index (χ3n) is 9.23. The van der Waals surface area contributed by atoms with Gasteiger partial charge < -0.3 is 24.4 Å². The fraction of sp³-hybridized carbons (Fsp3) is 0.414. The van der Waals surface area contributed by atoms with E-state index in [1.807, 2.05) is 18.3 Å². The van der Waals surface area contributed by atoms with Gasteiger partial charge in [0.1, 0.15) is 32.1 Å². The van der Waals surface area contributed by atoms with Crippen LogP contribution in [0.2, 0.25) is 0 Å². The molecule has 4 aromatic rings. The number of rotatable bonds is 8. The van der Waals surface area contributed by atoms with Crippen LogP contribution in [0.1, 0.15) is 17.5 Å². The summed E-state index contributed by atoms with van der Waals surface area (Å²) in [5, 5.41) is 10.5. The minimum absolute atomic E-state index is 0.264. The molecule has 48 heavy (non-hydrogen) atoms. The van der Waals surface area contributed by atoms with E-state index in [1.165, 1.54) is 10.7 Å². The summed E-state index contributed by atoms with van der Waals surface area (Å²) in [6, 6.07) is 8.57. The van der Waals surface area contributed by atoms with Gasteiger partial charge in [-0.25, -0.2) is 14.5 Å². The number of anilines is 1. The molecule has 4 aliphatic heterocycles. The van der Waals surface area contributed by atoms with E-state index in [9.17, 15) is 5.26 Å². The van der Waals surface area contributed by atoms with Crippen LogP contribution < -0.4 is 19.7 Å². The number of morpholine rings is 1. The minimum Gasteiger partial charge on any atom is -0.490 e. The number of hydrogen-bond donors (Lipinski definition) is 1. The zero-order valence-electron chi connectivity index (χ0n) is 26.2. The van der Waals surface area contributed by atoms with Crippen molar-refractivity contribution >= 4 is 66.3 Å². The molecule has 4 saturated heterocycles. The molecule has 0 amide bonds. The first-order valence-electron chi connectivity index (χ1n) is 15.1. The molecule has 19 heteroatoms. The van der Waals surface area contributed by atoms with Gasteiger partial charge in [0.05, 0.1) is 101 Å². The van der Waals surface area contributed by atoms with Gasteiger partial charge >= 0.3 is 0 Å². The van der Waals surface area contributed by atoms with Crippen LogP contribution in [0.3, 0.4) is 0 Å². The van der Waals surface area contributed by atoms with Gasteiger partial charge in [0.25, 0.3) is 0 Å². The smallest absolute Gasteiger partial charge is 0.212 e. The quantitative estimate of drug-likeness (QED) is 0.228. The van der Waals surface area contributed by atoms with Crippen molar-refractivity contribution in [3.63, 3.8) is 0 Å². The lowest BCUT2D eigenvalue weighted by Gasteiger charge is -2.64. The first kappa shape index (κ1) is 32.7. The van der Waals surface area contributed by atoms with Crippen LogP contribution in [0.4, 0.5) is 5.82 Å². The second kappa shape index (κ2) is 11.6. The highest BCUT2D eigenvalue weighted by Gasteiger charge is 2.54. The zero-order chi connectivity index (χ0) is 34.1. The highest BCUT2D eigenvalue weighted by molar-refractivity contribution is 6.56. The van der Waals surface area contributed by atoms with Crippen LogP contribution in [-0.2, 0) is 11.3 Å². The highest BCUT2D eigenvalue weighted by atomic mass is 16.6. The van der Waals surface area contributed by atoms with Gasteiger partial charge in [-0.2, -0.15) is 10.4 Å². The Morgan fingerprint density at radius 3 is 2.42 bits per heavy atom. The maximum Gasteiger partial charge on any atom is 0.212 e. The molecule has 2 bridgehead atoms. The van der Waals surface area contributed by atoms with E-state index in [4.69, 9.17) is 79.1 Å². The topological polar surface area (TPSA) is 126 Å². The van der Waals surface area contributed by atoms with Gasteiger partial charge in [0.2, 0.25) is 5.88 Å². The first-order chi connectivity index (χ1) is 22.7. The molecule has 224 valence electrons. The number of fused-ring (bicyclic) bond motifs is 3. The number of methoxy groups -OCH3 is 1. The Kier molecular flexibility index (Phi) is 7.92. The maximum absolute atomic E-state index is 9.80. The van der Waals surface area contributed by atoms with Gasteiger partial charge in [-0.05, 0) is 34.1 Å². The van der Waals surface area contributed by atoms with Crippen LogP contribution in [0.15, 0.2) is 49.2 Å². The summed E-state index contributed by atoms with van der Waals surface area (Å²) >= 11 is 0. The molecule has 0 saturated carbocycles. The van der Waals surface area contributed by atoms with Crippen LogP contribution in [0.5, 0.6) is 11.6 Å². The molecule has 4 fully saturated rings. The van der Waals surface area contributed by atoms with Crippen LogP contribution in [0, 0.1) is 11.3 Å². The van der Waals surface area contributed by atoms with E-state index in [2.05, 4.69) is 31.3 Å². The lowest BCUT2D eigenvalue weighted by atomic mass is 9.34. The molecule has 4 aliphatic rings. The number of piperazine rings is 1. The van der Waals surface area contributed by atoms with E-state index in [0.29, 0.717) is 40.3 Å². The Labute approximate surface area is 287 Å². The Balaban J connectivity index is 1.09. The zero-order valence-corrected chi connectivity index (χ0v) is 26.2. The summed E-state index contributed by atoms with van der Waals surface area (Å²) in [5.74, 6) is 1.62. The van der Waals surface area contributed by atoms with Crippen molar-refractivity contribution in [1.82, 2.24) is 34.8 Å². The van der Waals surface area contributed by atoms with Crippen LogP contribution in [-0.4, -0.2) is 145 Å². The number of nitrogens with one attached hydrogen (secondary N) is 1. The van der Waals surface area contributed by atoms with Gasteiger partial charge in [-0.15, -0.1) is 0 Å². The highest BCUT2D eigenvalue weighted by Crippen LogP contribution is 2.37. The lowest BCUT2D eigenvalue weighted by Crippen LogP contribution is -2.85. The van der Waals surface area contributed by atoms with Crippen molar-refractivity contribution in [2.75, 3.05) is 31.7 Å². The average Bonchev–Trinajstić information content (AvgIpc) is 3.48. The van der Waals surface area contributed by atoms with E-state index >= 15 is 0 Å². The molecular formula is C29H24B7N9O3. The van der Waals surface area contributed by atoms with Crippen LogP contribution >= 0.6 is 0 Å². The largest absolute Gasteiger partial charge is 0.490 e. The van der Waals surface area contributed by atoms with Crippen molar-refractivity contribution in [3.8, 4) is 29.0 Å². The van der Waals surface area contributed by atoms with Crippen molar-refractivity contribution in [3.05, 3.63) is 60.3 Å². The van der Waals surface area contributed by atoms with E-state index in [1.54, 1.807) is 31.8 Å². The summed E-state index contributed by atoms with van der Waals surface area (Å²) in [6.07, 6.45) is 9.38. The third kappa shape index (κ3) is 5.57. The predicted molar refractivity (Wildman–Crippen MR) is 183 cm³/mol. The summed E-state index contributed by atoms with van der Waals surface area (Å²) in [5.41, 5.74) is 1.03. The first-order valence-corrected chi connectivity index (χ1v) is 15.1. The summed E-state index contributed by atoms with van der Waals surface area (Å²) < 4.78 is 18.3. The van der Waals surface area contributed by atoms with Crippen molar-refractivity contribution in [1.29, 1.82) is 5.26 Å². The molecule has 3 atom stereocenters. The summed E-state index contributed by atoms with van der Waals surface area (Å²) in [7, 11) is 44.1. The van der Waals surface area contributed by atoms with Gasteiger partial charge in [0.15, 0.2) is 0 Å². The standard InChI is InChI=1S/C29H24B7N9O3/c1-46-24-3-2-16(7-40-24)11-44-18-4-19(44)13-43(12-18)23-10-38-22(9-39-23)21-5-20(14-45-25(21)17(6-37)8-41-45)47-15-26(30)27(31,32)42-28(33,34)29(35,36)48-26/h2-3,5,7-10,14,18-19,42H,4,11-13,15H2,1H3. The predicted octanol–water partition coefficient (Wildman–Crippen LogP) is -1.63. The number of piperidine rings is 1. The van der Waals surface area contributed by atoms with Gasteiger partial charge in [-0.3, -0.25) is 9.88 Å². The molecule has 8 rings (SSSR count). The molecule has 4 aromatic heterocycles. The molecular weight excluding hydrogens is 598 g/mol. The number of hydrogen-bond acceptors (Lipinski definition) is 11. The fourth-order valence-corrected chi connectivity index (χ4v) is 6.40. The Morgan fingerprint density at radius 2 is 1.77 bits per heavy atom. The molecule has 1 N–H and O–H groups in total. The SMILES string of the molecule is [B]C1([B])NC([B])([B])C([B])(COc2cc(-c3cnc(N4CC5CC(C4)N5Cc4ccc(OC)nc4)cn3)c3c(C#N)cnn3c2)OC1([B])[B]. The van der Waals surface area contributed by atoms with Crippen LogP contribution in [0.25, 0.3) is 16.8 Å². The Hall–Kier alpha value is -3.86. The normalized spacial score (nSPS) is 25.5. The Morgan fingerprint density at radius 1 is 1.00 bits per heavy atom. The number of nitrogens with zero attached hydrogens (tertiary/aromatic N) is 8. The van der Waals surface area contributed by atoms with E-state index in [0.717, 1.165) is 37.4 Å². The third-order valence-corrected chi connectivity index (χ3v) is 9.23. The summed E-state index contributed by atoms with van der Waals surface area (Å²) in [6.45, 7) is 2.04. The molecule has 12 nitrogen and oxygen atoms in total. The molecule has 0 aromatic carbocycles. The average molecular weight is 622 g/mol. The molecule has 14 radical (unpaired) electrons. The summed E-state index contributed by atoms with van der Waals surface area (Å²) in [4.78, 5) is 18.5. The monoisotopic (exact) mass is 623 g/mol. The molecule has 0 spiro atoms. The number of aromatic nitrogens is 5. The van der Waals surface area contributed by atoms with E-state index < -0.39 is 28.2 Å². The Bertz CT molecular complexity index is 1880. The maximum atomic E-state index is 9.80. The molecule has 3 unspecified atom stereocenters. The minimum atomic E-state index is -2.16. The van der Waals surface area contributed by atoms with Crippen molar-refractivity contribution < 1.29 is 14.2 Å².